The zero-order valence-electron chi connectivity index (χ0n) is 5.75. The van der Waals surface area contributed by atoms with Crippen molar-refractivity contribution in [1.29, 1.82) is 5.26 Å². The van der Waals surface area contributed by atoms with Crippen LogP contribution in [0.2, 0.25) is 0 Å². The van der Waals surface area contributed by atoms with Crippen LogP contribution in [-0.4, -0.2) is 25.9 Å². The first kappa shape index (κ1) is 7.52. The normalized spacial score (nSPS) is 29.0. The van der Waals surface area contributed by atoms with E-state index >= 15 is 0 Å². The molecule has 1 radical (unpaired) electrons. The summed E-state index contributed by atoms with van der Waals surface area (Å²) >= 11 is 0. The van der Waals surface area contributed by atoms with E-state index in [1.165, 1.54) is 0 Å². The summed E-state index contributed by atoms with van der Waals surface area (Å²) in [6.45, 7) is 5.33. The van der Waals surface area contributed by atoms with Gasteiger partial charge in [-0.3, -0.25) is 0 Å². The minimum absolute atomic E-state index is 0.126. The Labute approximate surface area is 60.5 Å². The van der Waals surface area contributed by atoms with Gasteiger partial charge >= 0.3 is 0 Å². The fraction of sp³-hybridized carbons (Fsp3) is 0.714. The molecule has 2 atom stereocenters. The van der Waals surface area contributed by atoms with Crippen molar-refractivity contribution in [1.82, 2.24) is 0 Å². The van der Waals surface area contributed by atoms with E-state index in [9.17, 15) is 0 Å². The molecule has 0 saturated carbocycles. The predicted octanol–water partition coefficient (Wildman–Crippen LogP) is 0.376. The molecule has 0 aromatic carbocycles. The monoisotopic (exact) mass is 140 g/mol. The van der Waals surface area contributed by atoms with Crippen molar-refractivity contribution in [2.75, 3.05) is 19.8 Å². The number of hydrogen-bond acceptors (Lipinski definition) is 3. The molecule has 3 heteroatoms. The van der Waals surface area contributed by atoms with Gasteiger partial charge in [-0.05, 0) is 6.92 Å². The molecule has 0 N–H and O–H groups in total. The zero-order valence-corrected chi connectivity index (χ0v) is 5.75. The molecule has 1 fully saturated rings. The van der Waals surface area contributed by atoms with Gasteiger partial charge < -0.3 is 9.47 Å². The summed E-state index contributed by atoms with van der Waals surface area (Å²) in [4.78, 5) is 0. The van der Waals surface area contributed by atoms with Gasteiger partial charge in [0.25, 0.3) is 0 Å². The third-order valence-electron chi connectivity index (χ3n) is 1.46. The molecule has 10 heavy (non-hydrogen) atoms. The van der Waals surface area contributed by atoms with Gasteiger partial charge in [0, 0.05) is 0 Å². The molecule has 0 amide bonds. The fourth-order valence-corrected chi connectivity index (χ4v) is 0.821. The first-order valence-electron chi connectivity index (χ1n) is 3.26. The van der Waals surface area contributed by atoms with E-state index in [4.69, 9.17) is 14.7 Å². The third kappa shape index (κ3) is 1.69. The molecule has 1 aliphatic rings. The first-order valence-corrected chi connectivity index (χ1v) is 3.26. The molecule has 1 aliphatic heterocycles. The van der Waals surface area contributed by atoms with Crippen molar-refractivity contribution < 1.29 is 9.47 Å². The Morgan fingerprint density at radius 1 is 1.60 bits per heavy atom. The van der Waals surface area contributed by atoms with E-state index in [1.54, 1.807) is 0 Å². The highest BCUT2D eigenvalue weighted by Gasteiger charge is 2.20. The van der Waals surface area contributed by atoms with Gasteiger partial charge in [-0.2, -0.15) is 5.26 Å². The van der Waals surface area contributed by atoms with Crippen LogP contribution in [0.4, 0.5) is 0 Å². The van der Waals surface area contributed by atoms with E-state index in [0.29, 0.717) is 19.8 Å². The molecule has 1 heterocycles. The summed E-state index contributed by atoms with van der Waals surface area (Å²) in [7, 11) is 0. The minimum atomic E-state index is -0.305. The predicted molar refractivity (Wildman–Crippen MR) is 35.0 cm³/mol. The Morgan fingerprint density at radius 2 is 2.40 bits per heavy atom. The van der Waals surface area contributed by atoms with Crippen molar-refractivity contribution in [3.8, 4) is 6.07 Å². The molecule has 0 bridgehead atoms. The van der Waals surface area contributed by atoms with Crippen LogP contribution in [0.5, 0.6) is 0 Å². The topological polar surface area (TPSA) is 42.2 Å². The quantitative estimate of drug-likeness (QED) is 0.528. The smallest absolute Gasteiger partial charge is 0.0967 e. The van der Waals surface area contributed by atoms with Gasteiger partial charge in [-0.15, -0.1) is 0 Å². The Bertz CT molecular complexity index is 135. The molecular formula is C7H10NO2. The van der Waals surface area contributed by atoms with Crippen molar-refractivity contribution in [2.45, 2.75) is 6.10 Å². The highest BCUT2D eigenvalue weighted by Crippen LogP contribution is 2.09. The molecule has 0 aromatic rings. The Morgan fingerprint density at radius 3 is 2.90 bits per heavy atom. The highest BCUT2D eigenvalue weighted by molar-refractivity contribution is 4.91. The lowest BCUT2D eigenvalue weighted by atomic mass is 10.1. The third-order valence-corrected chi connectivity index (χ3v) is 1.46. The summed E-state index contributed by atoms with van der Waals surface area (Å²) in [5.74, 6) is -0.305. The van der Waals surface area contributed by atoms with Crippen molar-refractivity contribution in [2.24, 2.45) is 5.92 Å². The fourth-order valence-electron chi connectivity index (χ4n) is 0.821. The molecule has 0 aromatic heterocycles. The molecule has 1 saturated heterocycles. The lowest BCUT2D eigenvalue weighted by molar-refractivity contribution is -0.0966. The number of rotatable bonds is 1. The van der Waals surface area contributed by atoms with E-state index in [2.05, 4.69) is 6.92 Å². The maximum atomic E-state index is 8.44. The van der Waals surface area contributed by atoms with Gasteiger partial charge in [0.2, 0.25) is 0 Å². The van der Waals surface area contributed by atoms with Crippen LogP contribution < -0.4 is 0 Å². The lowest BCUT2D eigenvalue weighted by Gasteiger charge is -2.24. The molecule has 1 rings (SSSR count). The minimum Gasteiger partial charge on any atom is -0.376 e. The summed E-state index contributed by atoms with van der Waals surface area (Å²) < 4.78 is 10.3. The second-order valence-electron chi connectivity index (χ2n) is 2.22. The van der Waals surface area contributed by atoms with E-state index in [0.717, 1.165) is 0 Å². The summed E-state index contributed by atoms with van der Waals surface area (Å²) in [5, 5.41) is 8.44. The van der Waals surface area contributed by atoms with Crippen molar-refractivity contribution in [3.63, 3.8) is 0 Å². The second-order valence-corrected chi connectivity index (χ2v) is 2.22. The van der Waals surface area contributed by atoms with Crippen LogP contribution in [0, 0.1) is 24.2 Å². The number of ether oxygens (including phenoxy) is 2. The van der Waals surface area contributed by atoms with Crippen LogP contribution in [0.25, 0.3) is 0 Å². The average molecular weight is 140 g/mol. The Kier molecular flexibility index (Phi) is 2.67. The van der Waals surface area contributed by atoms with Crippen molar-refractivity contribution in [3.05, 3.63) is 6.92 Å². The summed E-state index contributed by atoms with van der Waals surface area (Å²) in [5.41, 5.74) is 0. The maximum absolute atomic E-state index is 8.44. The highest BCUT2D eigenvalue weighted by atomic mass is 16.6. The SMILES string of the molecule is [CH2]C(C#N)C1COCCO1. The standard InChI is InChI=1S/C7H10NO2/c1-6(4-8)7-5-9-2-3-10-7/h6-7H,1-3,5H2. The number of hydrogen-bond donors (Lipinski definition) is 0. The lowest BCUT2D eigenvalue weighted by Crippen LogP contribution is -2.33. The molecule has 0 spiro atoms. The molecule has 55 valence electrons. The van der Waals surface area contributed by atoms with Crippen LogP contribution in [0.1, 0.15) is 0 Å². The first-order chi connectivity index (χ1) is 4.84. The molecule has 0 aliphatic carbocycles. The van der Waals surface area contributed by atoms with E-state index in [1.807, 2.05) is 6.07 Å². The van der Waals surface area contributed by atoms with E-state index in [-0.39, 0.29) is 12.0 Å². The molecular weight excluding hydrogens is 130 g/mol. The zero-order chi connectivity index (χ0) is 7.40. The Hall–Kier alpha value is -0.590. The van der Waals surface area contributed by atoms with Gasteiger partial charge in [0.1, 0.15) is 0 Å². The molecule has 3 nitrogen and oxygen atoms in total. The van der Waals surface area contributed by atoms with Gasteiger partial charge in [-0.25, -0.2) is 0 Å². The largest absolute Gasteiger partial charge is 0.376 e. The van der Waals surface area contributed by atoms with Gasteiger partial charge in [-0.1, -0.05) is 0 Å². The second kappa shape index (κ2) is 3.55. The van der Waals surface area contributed by atoms with Gasteiger partial charge in [0.15, 0.2) is 0 Å². The summed E-state index contributed by atoms with van der Waals surface area (Å²) in [6.07, 6.45) is -0.126. The Balaban J connectivity index is 2.33. The summed E-state index contributed by atoms with van der Waals surface area (Å²) in [6, 6.07) is 2.02. The van der Waals surface area contributed by atoms with Crippen LogP contribution in [-0.2, 0) is 9.47 Å². The average Bonchev–Trinajstić information content (AvgIpc) is 2.05. The van der Waals surface area contributed by atoms with Crippen LogP contribution in [0.15, 0.2) is 0 Å². The van der Waals surface area contributed by atoms with Crippen LogP contribution in [0.3, 0.4) is 0 Å². The van der Waals surface area contributed by atoms with E-state index < -0.39 is 0 Å². The number of nitriles is 1. The molecule has 2 unspecified atom stereocenters. The van der Waals surface area contributed by atoms with Crippen LogP contribution >= 0.6 is 0 Å². The maximum Gasteiger partial charge on any atom is 0.0967 e. The van der Waals surface area contributed by atoms with Gasteiger partial charge in [0.05, 0.1) is 37.9 Å². The van der Waals surface area contributed by atoms with Crippen molar-refractivity contribution >= 4 is 0 Å². The number of nitrogens with zero attached hydrogens (tertiary/aromatic N) is 1.